The van der Waals surface area contributed by atoms with Crippen molar-refractivity contribution in [2.24, 2.45) is 0 Å². The van der Waals surface area contributed by atoms with E-state index in [0.717, 1.165) is 16.4 Å². The average Bonchev–Trinajstić information content (AvgIpc) is 3.55. The van der Waals surface area contributed by atoms with Gasteiger partial charge in [0.05, 0.1) is 11.7 Å². The van der Waals surface area contributed by atoms with Gasteiger partial charge in [-0.3, -0.25) is 0 Å². The van der Waals surface area contributed by atoms with Crippen molar-refractivity contribution in [3.8, 4) is 33.4 Å². The fraction of sp³-hybridized carbons (Fsp3) is 0.0857. The monoisotopic (exact) mass is 504 g/mol. The van der Waals surface area contributed by atoms with Crippen LogP contribution in [-0.2, 0) is 5.41 Å². The molecule has 8 rings (SSSR count). The summed E-state index contributed by atoms with van der Waals surface area (Å²) in [6.07, 6.45) is 0. The molecular weight excluding hydrogens is 480 g/mol. The second-order valence-corrected chi connectivity index (χ2v) is 11.3. The van der Waals surface area contributed by atoms with Crippen LogP contribution in [0.2, 0.25) is 0 Å². The summed E-state index contributed by atoms with van der Waals surface area (Å²) in [5.41, 5.74) is 12.4. The summed E-state index contributed by atoms with van der Waals surface area (Å²) in [6.45, 7) is 4.68. The molecular formula is C35H24N2S. The molecule has 0 saturated heterocycles. The van der Waals surface area contributed by atoms with Gasteiger partial charge in [0.25, 0.3) is 0 Å². The number of fused-ring (bicyclic) bond motifs is 9. The Balaban J connectivity index is 1.26. The van der Waals surface area contributed by atoms with Gasteiger partial charge in [-0.1, -0.05) is 105 Å². The van der Waals surface area contributed by atoms with Gasteiger partial charge in [0.2, 0.25) is 0 Å². The summed E-state index contributed by atoms with van der Waals surface area (Å²) in [5, 5.41) is 4.78. The van der Waals surface area contributed by atoms with Crippen molar-refractivity contribution < 1.29 is 0 Å². The molecule has 38 heavy (non-hydrogen) atoms. The number of rotatable bonds is 2. The van der Waals surface area contributed by atoms with Crippen LogP contribution in [0, 0.1) is 0 Å². The highest BCUT2D eigenvalue weighted by Crippen LogP contribution is 2.49. The molecule has 1 heterocycles. The van der Waals surface area contributed by atoms with Crippen molar-refractivity contribution in [3.63, 3.8) is 0 Å². The molecule has 2 nitrogen and oxygen atoms in total. The van der Waals surface area contributed by atoms with Gasteiger partial charge >= 0.3 is 0 Å². The molecule has 0 atom stereocenters. The van der Waals surface area contributed by atoms with Gasteiger partial charge in [-0.15, -0.1) is 0 Å². The summed E-state index contributed by atoms with van der Waals surface area (Å²) >= 11 is 1.29. The summed E-state index contributed by atoms with van der Waals surface area (Å²) in [6, 6.07) is 40.0. The number of hydrogen-bond donors (Lipinski definition) is 0. The first-order valence-electron chi connectivity index (χ1n) is 13.0. The van der Waals surface area contributed by atoms with E-state index in [1.807, 2.05) is 0 Å². The minimum atomic E-state index is -0.00634. The van der Waals surface area contributed by atoms with Gasteiger partial charge in [0.15, 0.2) is 0 Å². The average molecular weight is 505 g/mol. The lowest BCUT2D eigenvalue weighted by Gasteiger charge is -2.22. The molecule has 7 aromatic rings. The highest BCUT2D eigenvalue weighted by Gasteiger charge is 2.35. The van der Waals surface area contributed by atoms with E-state index < -0.39 is 0 Å². The van der Waals surface area contributed by atoms with E-state index in [4.69, 9.17) is 4.37 Å². The molecule has 0 spiro atoms. The number of nitrogens with zero attached hydrogens (tertiary/aromatic N) is 2. The maximum Gasteiger partial charge on any atom is 0.113 e. The van der Waals surface area contributed by atoms with E-state index in [9.17, 15) is 0 Å². The number of hydrogen-bond acceptors (Lipinski definition) is 3. The minimum Gasteiger partial charge on any atom is -0.172 e. The molecule has 0 amide bonds. The van der Waals surface area contributed by atoms with Crippen LogP contribution in [0.4, 0.5) is 0 Å². The molecule has 6 aromatic carbocycles. The Kier molecular flexibility index (Phi) is 4.48. The highest BCUT2D eigenvalue weighted by molar-refractivity contribution is 7.00. The summed E-state index contributed by atoms with van der Waals surface area (Å²) in [5.74, 6) is 0. The van der Waals surface area contributed by atoms with Gasteiger partial charge < -0.3 is 0 Å². The van der Waals surface area contributed by atoms with Crippen molar-refractivity contribution in [1.82, 2.24) is 8.75 Å². The van der Waals surface area contributed by atoms with Gasteiger partial charge in [0.1, 0.15) is 11.0 Å². The van der Waals surface area contributed by atoms with E-state index in [0.29, 0.717) is 0 Å². The van der Waals surface area contributed by atoms with Gasteiger partial charge in [0, 0.05) is 16.2 Å². The molecule has 0 unspecified atom stereocenters. The van der Waals surface area contributed by atoms with E-state index in [1.165, 1.54) is 72.4 Å². The maximum atomic E-state index is 4.69. The van der Waals surface area contributed by atoms with Crippen LogP contribution in [0.5, 0.6) is 0 Å². The van der Waals surface area contributed by atoms with Crippen LogP contribution in [0.1, 0.15) is 25.0 Å². The van der Waals surface area contributed by atoms with Gasteiger partial charge in [-0.05, 0) is 73.5 Å². The van der Waals surface area contributed by atoms with Crippen molar-refractivity contribution in [2.45, 2.75) is 19.3 Å². The zero-order valence-electron chi connectivity index (χ0n) is 21.2. The van der Waals surface area contributed by atoms with Gasteiger partial charge in [-0.25, -0.2) is 0 Å². The van der Waals surface area contributed by atoms with Gasteiger partial charge in [-0.2, -0.15) is 8.75 Å². The van der Waals surface area contributed by atoms with Crippen LogP contribution in [0.25, 0.3) is 66.0 Å². The Labute approximate surface area is 225 Å². The van der Waals surface area contributed by atoms with E-state index in [1.54, 1.807) is 0 Å². The van der Waals surface area contributed by atoms with E-state index in [2.05, 4.69) is 127 Å². The first-order valence-corrected chi connectivity index (χ1v) is 13.7. The van der Waals surface area contributed by atoms with Crippen LogP contribution in [0.3, 0.4) is 0 Å². The molecule has 0 bridgehead atoms. The second-order valence-electron chi connectivity index (χ2n) is 10.8. The van der Waals surface area contributed by atoms with Crippen LogP contribution in [0.15, 0.2) is 109 Å². The molecule has 1 aliphatic carbocycles. The fourth-order valence-electron chi connectivity index (χ4n) is 6.38. The predicted molar refractivity (Wildman–Crippen MR) is 161 cm³/mol. The lowest BCUT2D eigenvalue weighted by Crippen LogP contribution is -2.14. The Morgan fingerprint density at radius 3 is 1.92 bits per heavy atom. The third-order valence-corrected chi connectivity index (χ3v) is 8.88. The Bertz CT molecular complexity index is 2060. The Morgan fingerprint density at radius 2 is 1.08 bits per heavy atom. The molecule has 0 radical (unpaired) electrons. The summed E-state index contributed by atoms with van der Waals surface area (Å²) in [4.78, 5) is 0. The Morgan fingerprint density at radius 1 is 0.474 bits per heavy atom. The smallest absolute Gasteiger partial charge is 0.113 e. The van der Waals surface area contributed by atoms with Crippen molar-refractivity contribution in [2.75, 3.05) is 0 Å². The lowest BCUT2D eigenvalue weighted by molar-refractivity contribution is 0.660. The lowest BCUT2D eigenvalue weighted by atomic mass is 9.81. The third kappa shape index (κ3) is 3.00. The third-order valence-electron chi connectivity index (χ3n) is 8.35. The first-order chi connectivity index (χ1) is 18.6. The molecule has 0 saturated carbocycles. The topological polar surface area (TPSA) is 25.8 Å². The minimum absolute atomic E-state index is 0.00634. The summed E-state index contributed by atoms with van der Waals surface area (Å²) in [7, 11) is 0. The largest absolute Gasteiger partial charge is 0.172 e. The Hall–Kier alpha value is -4.34. The molecule has 3 heteroatoms. The number of aromatic nitrogens is 2. The van der Waals surface area contributed by atoms with E-state index >= 15 is 0 Å². The van der Waals surface area contributed by atoms with Crippen LogP contribution in [-0.4, -0.2) is 8.75 Å². The molecule has 1 aromatic heterocycles. The first kappa shape index (κ1) is 21.7. The van der Waals surface area contributed by atoms with E-state index in [-0.39, 0.29) is 5.41 Å². The molecule has 0 fully saturated rings. The normalized spacial score (nSPS) is 13.7. The van der Waals surface area contributed by atoms with Crippen molar-refractivity contribution in [1.29, 1.82) is 0 Å². The highest BCUT2D eigenvalue weighted by atomic mass is 32.1. The van der Waals surface area contributed by atoms with Crippen LogP contribution < -0.4 is 0 Å². The van der Waals surface area contributed by atoms with Crippen molar-refractivity contribution >= 4 is 44.3 Å². The maximum absolute atomic E-state index is 4.69. The second kappa shape index (κ2) is 7.83. The fourth-order valence-corrected chi connectivity index (χ4v) is 6.96. The molecule has 0 aliphatic heterocycles. The molecule has 0 N–H and O–H groups in total. The van der Waals surface area contributed by atoms with Crippen LogP contribution >= 0.6 is 11.7 Å². The standard InChI is InChI=1S/C35H24N2S/c1-35(2)31-13-6-5-11-27(31)28-17-15-24(20-32(28)35)22-9-7-8-21(18-22)23-14-16-26-25-10-3-4-12-29(25)33-34(30(26)19-23)37-38-36-33/h3-20H,1-2H3. The molecule has 180 valence electrons. The number of benzene rings is 6. The van der Waals surface area contributed by atoms with Crippen molar-refractivity contribution in [3.05, 3.63) is 120 Å². The zero-order valence-corrected chi connectivity index (χ0v) is 22.0. The quantitative estimate of drug-likeness (QED) is 0.219. The summed E-state index contributed by atoms with van der Waals surface area (Å²) < 4.78 is 9.33. The predicted octanol–water partition coefficient (Wildman–Crippen LogP) is 9.64. The SMILES string of the molecule is CC1(C)c2ccccc2-c2ccc(-c3cccc(-c4ccc5c6ccccc6c6nsnc6c5c4)c3)cc21. The zero-order chi connectivity index (χ0) is 25.4. The molecule has 1 aliphatic rings.